The van der Waals surface area contributed by atoms with Crippen molar-refractivity contribution in [3.05, 3.63) is 58.6 Å². The first-order chi connectivity index (χ1) is 11.1. The molecule has 0 aliphatic carbocycles. The van der Waals surface area contributed by atoms with Crippen molar-refractivity contribution < 1.29 is 19.4 Å². The van der Waals surface area contributed by atoms with Crippen LogP contribution in [0.5, 0.6) is 11.5 Å². The van der Waals surface area contributed by atoms with Crippen LogP contribution in [0.2, 0.25) is 5.02 Å². The zero-order valence-electron chi connectivity index (χ0n) is 11.9. The molecule has 0 saturated heterocycles. The summed E-state index contributed by atoms with van der Waals surface area (Å²) in [5.41, 5.74) is 3.32. The summed E-state index contributed by atoms with van der Waals surface area (Å²) in [7, 11) is 0. The Morgan fingerprint density at radius 3 is 2.70 bits per heavy atom. The summed E-state index contributed by atoms with van der Waals surface area (Å²) < 4.78 is 10.5. The molecule has 2 N–H and O–H groups in total. The summed E-state index contributed by atoms with van der Waals surface area (Å²) in [4.78, 5) is 11.9. The summed E-state index contributed by atoms with van der Waals surface area (Å²) in [5.74, 6) is 0.492. The molecule has 1 aliphatic heterocycles. The van der Waals surface area contributed by atoms with Crippen LogP contribution < -0.4 is 14.9 Å². The molecule has 0 unspecified atom stereocenters. The molecule has 1 amide bonds. The smallest absolute Gasteiger partial charge is 0.273 e. The predicted octanol–water partition coefficient (Wildman–Crippen LogP) is 2.25. The monoisotopic (exact) mass is 332 g/mol. The molecular weight excluding hydrogens is 320 g/mol. The molecule has 6 nitrogen and oxygen atoms in total. The number of nitrogens with one attached hydrogen (secondary N) is 1. The highest BCUT2D eigenvalue weighted by molar-refractivity contribution is 6.33. The Bertz CT molecular complexity index is 749. The highest BCUT2D eigenvalue weighted by Gasteiger charge is 2.17. The fraction of sp³-hybridized carbons (Fsp3) is 0.125. The van der Waals surface area contributed by atoms with Gasteiger partial charge in [0.2, 0.25) is 6.79 Å². The molecule has 3 rings (SSSR count). The molecule has 0 radical (unpaired) electrons. The number of aliphatic hydroxyl groups is 1. The SMILES string of the molecule is O=C(N/N=C\c1cc2c(cc1Cl)OCO2)[C@H](O)c1ccccc1. The van der Waals surface area contributed by atoms with E-state index in [1.54, 1.807) is 42.5 Å². The van der Waals surface area contributed by atoms with Gasteiger partial charge in [0.1, 0.15) is 0 Å². The van der Waals surface area contributed by atoms with Crippen molar-refractivity contribution in [2.45, 2.75) is 6.10 Å². The topological polar surface area (TPSA) is 80.2 Å². The van der Waals surface area contributed by atoms with Crippen LogP contribution in [0.1, 0.15) is 17.2 Å². The maximum absolute atomic E-state index is 11.9. The number of nitrogens with zero attached hydrogens (tertiary/aromatic N) is 1. The van der Waals surface area contributed by atoms with Crippen LogP contribution in [0.15, 0.2) is 47.6 Å². The molecule has 118 valence electrons. The fourth-order valence-corrected chi connectivity index (χ4v) is 2.25. The van der Waals surface area contributed by atoms with Gasteiger partial charge in [0, 0.05) is 11.6 Å². The van der Waals surface area contributed by atoms with Crippen molar-refractivity contribution in [1.29, 1.82) is 0 Å². The van der Waals surface area contributed by atoms with Crippen LogP contribution in [-0.2, 0) is 4.79 Å². The van der Waals surface area contributed by atoms with E-state index in [0.29, 0.717) is 27.6 Å². The number of benzene rings is 2. The highest BCUT2D eigenvalue weighted by atomic mass is 35.5. The summed E-state index contributed by atoms with van der Waals surface area (Å²) in [6, 6.07) is 11.9. The second-order valence-corrected chi connectivity index (χ2v) is 5.18. The minimum absolute atomic E-state index is 0.145. The molecule has 0 aromatic heterocycles. The van der Waals surface area contributed by atoms with Crippen LogP contribution in [0.25, 0.3) is 0 Å². The Hall–Kier alpha value is -2.57. The maximum Gasteiger partial charge on any atom is 0.273 e. The minimum Gasteiger partial charge on any atom is -0.454 e. The number of carbonyl (C=O) groups is 1. The Kier molecular flexibility index (Phi) is 4.45. The number of rotatable bonds is 4. The average Bonchev–Trinajstić information content (AvgIpc) is 3.02. The highest BCUT2D eigenvalue weighted by Crippen LogP contribution is 2.36. The Morgan fingerprint density at radius 2 is 1.96 bits per heavy atom. The number of aliphatic hydroxyl groups excluding tert-OH is 1. The fourth-order valence-electron chi connectivity index (χ4n) is 2.05. The molecule has 0 spiro atoms. The van der Waals surface area contributed by atoms with E-state index in [0.717, 1.165) is 0 Å². The van der Waals surface area contributed by atoms with E-state index in [4.69, 9.17) is 21.1 Å². The lowest BCUT2D eigenvalue weighted by atomic mass is 10.1. The zero-order chi connectivity index (χ0) is 16.2. The van der Waals surface area contributed by atoms with Gasteiger partial charge in [0.15, 0.2) is 17.6 Å². The molecule has 2 aromatic rings. The van der Waals surface area contributed by atoms with E-state index in [1.165, 1.54) is 6.21 Å². The zero-order valence-corrected chi connectivity index (χ0v) is 12.7. The first kappa shape index (κ1) is 15.3. The number of hydrogen-bond acceptors (Lipinski definition) is 5. The Morgan fingerprint density at radius 1 is 1.26 bits per heavy atom. The van der Waals surface area contributed by atoms with Crippen LogP contribution >= 0.6 is 11.6 Å². The van der Waals surface area contributed by atoms with Crippen molar-refractivity contribution in [2.24, 2.45) is 5.10 Å². The van der Waals surface area contributed by atoms with E-state index < -0.39 is 12.0 Å². The van der Waals surface area contributed by atoms with Gasteiger partial charge >= 0.3 is 0 Å². The Labute approximate surface area is 137 Å². The van der Waals surface area contributed by atoms with Gasteiger partial charge in [-0.1, -0.05) is 41.9 Å². The number of hydrazone groups is 1. The van der Waals surface area contributed by atoms with Crippen LogP contribution in [0.4, 0.5) is 0 Å². The van der Waals surface area contributed by atoms with E-state index in [2.05, 4.69) is 10.5 Å². The number of amides is 1. The van der Waals surface area contributed by atoms with Gasteiger partial charge < -0.3 is 14.6 Å². The van der Waals surface area contributed by atoms with Gasteiger partial charge in [-0.25, -0.2) is 5.43 Å². The third-order valence-corrected chi connectivity index (χ3v) is 3.56. The third-order valence-electron chi connectivity index (χ3n) is 3.23. The first-order valence-electron chi connectivity index (χ1n) is 6.80. The number of fused-ring (bicyclic) bond motifs is 1. The molecule has 1 aliphatic rings. The van der Waals surface area contributed by atoms with Crippen molar-refractivity contribution in [3.8, 4) is 11.5 Å². The van der Waals surface area contributed by atoms with E-state index in [1.807, 2.05) is 0 Å². The van der Waals surface area contributed by atoms with Gasteiger partial charge in [0.25, 0.3) is 5.91 Å². The quantitative estimate of drug-likeness (QED) is 0.665. The number of ether oxygens (including phenoxy) is 2. The van der Waals surface area contributed by atoms with Crippen LogP contribution in [0, 0.1) is 0 Å². The van der Waals surface area contributed by atoms with Gasteiger partial charge in [0.05, 0.1) is 11.2 Å². The normalized spacial score (nSPS) is 14.0. The average molecular weight is 333 g/mol. The van der Waals surface area contributed by atoms with E-state index in [9.17, 15) is 9.90 Å². The van der Waals surface area contributed by atoms with Crippen molar-refractivity contribution in [1.82, 2.24) is 5.43 Å². The van der Waals surface area contributed by atoms with Gasteiger partial charge in [-0.15, -0.1) is 0 Å². The molecule has 7 heteroatoms. The maximum atomic E-state index is 11.9. The van der Waals surface area contributed by atoms with Gasteiger partial charge in [-0.2, -0.15) is 5.10 Å². The Balaban J connectivity index is 1.66. The molecule has 23 heavy (non-hydrogen) atoms. The molecule has 0 bridgehead atoms. The predicted molar refractivity (Wildman–Crippen MR) is 84.7 cm³/mol. The van der Waals surface area contributed by atoms with Crippen molar-refractivity contribution in [3.63, 3.8) is 0 Å². The molecule has 2 aromatic carbocycles. The molecular formula is C16H13ClN2O4. The van der Waals surface area contributed by atoms with Crippen molar-refractivity contribution in [2.75, 3.05) is 6.79 Å². The summed E-state index contributed by atoms with van der Waals surface area (Å²) in [5, 5.41) is 14.1. The summed E-state index contributed by atoms with van der Waals surface area (Å²) in [6.45, 7) is 0.145. The second kappa shape index (κ2) is 6.68. The van der Waals surface area contributed by atoms with Gasteiger partial charge in [-0.05, 0) is 11.6 Å². The largest absolute Gasteiger partial charge is 0.454 e. The lowest BCUT2D eigenvalue weighted by Crippen LogP contribution is -2.25. The second-order valence-electron chi connectivity index (χ2n) is 4.77. The molecule has 1 heterocycles. The molecule has 0 saturated carbocycles. The van der Waals surface area contributed by atoms with E-state index >= 15 is 0 Å². The first-order valence-corrected chi connectivity index (χ1v) is 7.18. The van der Waals surface area contributed by atoms with Crippen molar-refractivity contribution >= 4 is 23.7 Å². The van der Waals surface area contributed by atoms with E-state index in [-0.39, 0.29) is 6.79 Å². The number of hydrogen-bond donors (Lipinski definition) is 2. The van der Waals surface area contributed by atoms with Gasteiger partial charge in [-0.3, -0.25) is 4.79 Å². The summed E-state index contributed by atoms with van der Waals surface area (Å²) in [6.07, 6.45) is 0.0838. The molecule has 1 atom stereocenters. The lowest BCUT2D eigenvalue weighted by Gasteiger charge is -2.08. The lowest BCUT2D eigenvalue weighted by molar-refractivity contribution is -0.129. The van der Waals surface area contributed by atoms with Crippen LogP contribution in [-0.4, -0.2) is 24.0 Å². The number of carbonyl (C=O) groups excluding carboxylic acids is 1. The van der Waals surface area contributed by atoms with Crippen LogP contribution in [0.3, 0.4) is 0 Å². The standard InChI is InChI=1S/C16H13ClN2O4/c17-12-7-14-13(22-9-23-14)6-11(12)8-18-19-16(21)15(20)10-4-2-1-3-5-10/h1-8,15,20H,9H2,(H,19,21)/b18-8-/t15-/m1/s1. The third kappa shape index (κ3) is 3.44. The number of halogens is 1. The molecule has 0 fully saturated rings. The minimum atomic E-state index is -1.29. The summed E-state index contributed by atoms with van der Waals surface area (Å²) >= 11 is 6.09.